The molecule has 0 amide bonds. The maximum atomic E-state index is 12.9. The van der Waals surface area contributed by atoms with Crippen molar-refractivity contribution in [3.05, 3.63) is 81.9 Å². The van der Waals surface area contributed by atoms with Crippen molar-refractivity contribution in [2.75, 3.05) is 0 Å². The summed E-state index contributed by atoms with van der Waals surface area (Å²) in [6, 6.07) is 13.5. The van der Waals surface area contributed by atoms with Gasteiger partial charge in [-0.15, -0.1) is 0 Å². The van der Waals surface area contributed by atoms with Crippen LogP contribution in [0, 0.1) is 0 Å². The average Bonchev–Trinajstić information content (AvgIpc) is 2.88. The summed E-state index contributed by atoms with van der Waals surface area (Å²) in [5.74, 6) is -0.820. The first kappa shape index (κ1) is 15.0. The van der Waals surface area contributed by atoms with Crippen LogP contribution in [0.2, 0.25) is 0 Å². The lowest BCUT2D eigenvalue weighted by Crippen LogP contribution is -2.30. The zero-order chi connectivity index (χ0) is 17.3. The summed E-state index contributed by atoms with van der Waals surface area (Å²) in [7, 11) is 0. The van der Waals surface area contributed by atoms with Crippen molar-refractivity contribution in [1.82, 2.24) is 0 Å². The molecule has 2 N–H and O–H groups in total. The molecule has 4 heteroatoms. The normalized spacial score (nSPS) is 31.3. The van der Waals surface area contributed by atoms with Gasteiger partial charge in [0.05, 0.1) is 0 Å². The second kappa shape index (κ2) is 4.50. The second-order valence-electron chi connectivity index (χ2n) is 6.64. The van der Waals surface area contributed by atoms with Crippen LogP contribution in [0.25, 0.3) is 0 Å². The molecule has 0 aromatic heterocycles. The molecule has 0 saturated heterocycles. The van der Waals surface area contributed by atoms with Crippen LogP contribution in [0.4, 0.5) is 0 Å². The minimum Gasteiger partial charge on any atom is -0.381 e. The molecule has 0 aliphatic heterocycles. The minimum atomic E-state index is -1.62. The van der Waals surface area contributed by atoms with Gasteiger partial charge in [0.15, 0.2) is 11.6 Å². The van der Waals surface area contributed by atoms with Crippen LogP contribution < -0.4 is 0 Å². The molecular formula is C20H16O4. The van der Waals surface area contributed by atoms with E-state index in [2.05, 4.69) is 0 Å². The van der Waals surface area contributed by atoms with Crippen LogP contribution in [0.3, 0.4) is 0 Å². The molecule has 120 valence electrons. The molecule has 0 saturated carbocycles. The van der Waals surface area contributed by atoms with E-state index < -0.39 is 22.8 Å². The largest absolute Gasteiger partial charge is 0.381 e. The molecule has 24 heavy (non-hydrogen) atoms. The smallest absolute Gasteiger partial charge is 0.193 e. The minimum absolute atomic E-state index is 0.0325. The lowest BCUT2D eigenvalue weighted by molar-refractivity contribution is 0.0677. The number of Topliss-reactive ketones (excluding diaryl/α,β-unsaturated/α-hetero) is 2. The predicted octanol–water partition coefficient (Wildman–Crippen LogP) is 2.49. The molecule has 0 spiro atoms. The third-order valence-corrected chi connectivity index (χ3v) is 5.07. The number of hydrogen-bond donors (Lipinski definition) is 2. The van der Waals surface area contributed by atoms with E-state index in [1.165, 1.54) is 13.8 Å². The fraction of sp³-hybridized carbons (Fsp3) is 0.200. The van der Waals surface area contributed by atoms with E-state index in [0.29, 0.717) is 22.3 Å². The summed E-state index contributed by atoms with van der Waals surface area (Å²) in [4.78, 5) is 25.8. The number of rotatable bonds is 0. The Hall–Kier alpha value is -2.56. The van der Waals surface area contributed by atoms with Gasteiger partial charge in [0.25, 0.3) is 0 Å². The van der Waals surface area contributed by atoms with Gasteiger partial charge in [-0.2, -0.15) is 0 Å². The number of carbonyl (C=O) groups is 2. The number of benzene rings is 2. The average molecular weight is 320 g/mol. The van der Waals surface area contributed by atoms with Gasteiger partial charge in [0, 0.05) is 22.3 Å². The van der Waals surface area contributed by atoms with Crippen LogP contribution in [-0.2, 0) is 11.2 Å². The Balaban J connectivity index is 2.06. The molecular weight excluding hydrogens is 304 g/mol. The summed E-state index contributed by atoms with van der Waals surface area (Å²) in [6.07, 6.45) is 0. The van der Waals surface area contributed by atoms with E-state index >= 15 is 0 Å². The highest BCUT2D eigenvalue weighted by molar-refractivity contribution is 6.24. The van der Waals surface area contributed by atoms with Crippen molar-refractivity contribution in [2.45, 2.75) is 25.0 Å². The van der Waals surface area contributed by atoms with Gasteiger partial charge < -0.3 is 10.2 Å². The maximum Gasteiger partial charge on any atom is 0.193 e. The third kappa shape index (κ3) is 1.64. The molecule has 2 aromatic rings. The number of ketones is 2. The first-order chi connectivity index (χ1) is 11.3. The van der Waals surface area contributed by atoms with E-state index in [4.69, 9.17) is 0 Å². The maximum absolute atomic E-state index is 12.9. The zero-order valence-corrected chi connectivity index (χ0v) is 13.3. The van der Waals surface area contributed by atoms with Gasteiger partial charge >= 0.3 is 0 Å². The highest BCUT2D eigenvalue weighted by atomic mass is 16.3. The predicted molar refractivity (Wildman–Crippen MR) is 87.7 cm³/mol. The van der Waals surface area contributed by atoms with Crippen molar-refractivity contribution in [3.63, 3.8) is 0 Å². The highest BCUT2D eigenvalue weighted by Crippen LogP contribution is 2.49. The quantitative estimate of drug-likeness (QED) is 0.731. The molecule has 2 aromatic carbocycles. The Kier molecular flexibility index (Phi) is 2.81. The van der Waals surface area contributed by atoms with Gasteiger partial charge in [-0.1, -0.05) is 48.5 Å². The Morgan fingerprint density at radius 3 is 1.33 bits per heavy atom. The number of fused-ring (bicyclic) bond motifs is 2. The molecule has 0 unspecified atom stereocenters. The summed E-state index contributed by atoms with van der Waals surface area (Å²) in [6.45, 7) is 2.98. The Labute approximate surface area is 139 Å². The highest BCUT2D eigenvalue weighted by Gasteiger charge is 2.53. The van der Waals surface area contributed by atoms with Gasteiger partial charge in [-0.3, -0.25) is 9.59 Å². The second-order valence-corrected chi connectivity index (χ2v) is 6.64. The molecule has 0 bridgehead atoms. The van der Waals surface area contributed by atoms with Crippen molar-refractivity contribution in [3.8, 4) is 0 Å². The Morgan fingerprint density at radius 1 is 0.667 bits per heavy atom. The topological polar surface area (TPSA) is 74.6 Å². The number of carbonyl (C=O) groups excluding carboxylic acids is 2. The number of hydrogen-bond acceptors (Lipinski definition) is 4. The van der Waals surface area contributed by atoms with Crippen molar-refractivity contribution in [2.24, 2.45) is 0 Å². The Bertz CT molecular complexity index is 870. The molecule has 2 atom stereocenters. The van der Waals surface area contributed by atoms with E-state index in [-0.39, 0.29) is 11.1 Å². The summed E-state index contributed by atoms with van der Waals surface area (Å²) in [5, 5.41) is 22.0. The van der Waals surface area contributed by atoms with Gasteiger partial charge in [-0.05, 0) is 25.0 Å². The van der Waals surface area contributed by atoms with Gasteiger partial charge in [0.1, 0.15) is 11.2 Å². The molecule has 0 fully saturated rings. The van der Waals surface area contributed by atoms with E-state index in [0.717, 1.165) is 0 Å². The molecule has 2 aliphatic rings. The van der Waals surface area contributed by atoms with E-state index in [1.54, 1.807) is 48.5 Å². The molecule has 4 rings (SSSR count). The lowest BCUT2D eigenvalue weighted by atomic mass is 9.83. The first-order valence-corrected chi connectivity index (χ1v) is 7.76. The van der Waals surface area contributed by atoms with Gasteiger partial charge in [-0.25, -0.2) is 0 Å². The van der Waals surface area contributed by atoms with E-state index in [9.17, 15) is 19.8 Å². The zero-order valence-electron chi connectivity index (χ0n) is 13.3. The molecule has 0 radical (unpaired) electrons. The van der Waals surface area contributed by atoms with Crippen LogP contribution in [0.1, 0.15) is 45.7 Å². The standard InChI is InChI=1S/C20H16O4/c1-19(23)13-9-5-3-7-11(13)17(21)15(19)16-18(22)12-8-4-6-10-14(12)20(16,2)24/h3-10,23-24H,1-2H3/b16-15+/t19-,20+. The first-order valence-electron chi connectivity index (χ1n) is 7.76. The van der Waals surface area contributed by atoms with Crippen LogP contribution in [-0.4, -0.2) is 21.8 Å². The van der Waals surface area contributed by atoms with Crippen LogP contribution in [0.5, 0.6) is 0 Å². The van der Waals surface area contributed by atoms with Crippen LogP contribution in [0.15, 0.2) is 59.7 Å². The van der Waals surface area contributed by atoms with Crippen molar-refractivity contribution < 1.29 is 19.8 Å². The lowest BCUT2D eigenvalue weighted by Gasteiger charge is -2.26. The Morgan fingerprint density at radius 2 is 1.00 bits per heavy atom. The third-order valence-electron chi connectivity index (χ3n) is 5.07. The summed E-state index contributed by atoms with van der Waals surface area (Å²) < 4.78 is 0. The van der Waals surface area contributed by atoms with Gasteiger partial charge in [0.2, 0.25) is 0 Å². The fourth-order valence-corrected chi connectivity index (χ4v) is 3.91. The summed E-state index contributed by atoms with van der Waals surface area (Å²) >= 11 is 0. The fourth-order valence-electron chi connectivity index (χ4n) is 3.91. The summed E-state index contributed by atoms with van der Waals surface area (Å²) in [5.41, 5.74) is -1.66. The molecule has 4 nitrogen and oxygen atoms in total. The van der Waals surface area contributed by atoms with Crippen molar-refractivity contribution in [1.29, 1.82) is 0 Å². The number of aliphatic hydroxyl groups is 2. The molecule has 0 heterocycles. The van der Waals surface area contributed by atoms with Crippen molar-refractivity contribution >= 4 is 11.6 Å². The van der Waals surface area contributed by atoms with Crippen LogP contribution >= 0.6 is 0 Å². The monoisotopic (exact) mass is 320 g/mol. The molecule has 2 aliphatic carbocycles. The van der Waals surface area contributed by atoms with E-state index in [1.807, 2.05) is 0 Å². The SMILES string of the molecule is C[C@]1(O)/C(=C2\C(=O)c3ccccc3[C@]2(C)O)C(=O)c2ccccc21.